The topological polar surface area (TPSA) is 84.3 Å². The van der Waals surface area contributed by atoms with Crippen LogP contribution in [0.25, 0.3) is 11.0 Å². The molecule has 3 aromatic rings. The lowest BCUT2D eigenvalue weighted by Gasteiger charge is -2.25. The molecule has 1 fully saturated rings. The molecule has 1 N–H and O–H groups in total. The molecule has 1 saturated heterocycles. The monoisotopic (exact) mass is 440 g/mol. The van der Waals surface area contributed by atoms with E-state index in [4.69, 9.17) is 0 Å². The van der Waals surface area contributed by atoms with Crippen LogP contribution >= 0.6 is 0 Å². The van der Waals surface area contributed by atoms with Crippen molar-refractivity contribution in [1.82, 2.24) is 13.9 Å². The Balaban J connectivity index is 1.50. The van der Waals surface area contributed by atoms with Gasteiger partial charge in [0.05, 0.1) is 15.9 Å². The molecular formula is C23H28N4O3S. The third kappa shape index (κ3) is 4.50. The molecule has 0 saturated carbocycles. The number of benzene rings is 2. The largest absolute Gasteiger partial charge is 0.331 e. The summed E-state index contributed by atoms with van der Waals surface area (Å²) in [6.45, 7) is 3.10. The number of hydrogen-bond acceptors (Lipinski definition) is 4. The van der Waals surface area contributed by atoms with Crippen LogP contribution in [0.4, 0.5) is 5.69 Å². The highest BCUT2D eigenvalue weighted by atomic mass is 32.2. The Labute approximate surface area is 183 Å². The number of imidazole rings is 1. The van der Waals surface area contributed by atoms with Crippen LogP contribution in [0.2, 0.25) is 0 Å². The standard InChI is InChI=1S/C23H28N4O3S/c1-17-8-4-5-9-19(17)25-23(28)13-12-22-24-20-16-18(10-11-21(20)26(22)2)31(29,30)27-14-6-3-7-15-27/h4-5,8-11,16H,3,6-7,12-15H2,1-2H3,(H,25,28). The van der Waals surface area contributed by atoms with Crippen LogP contribution in [0.5, 0.6) is 0 Å². The molecule has 0 aliphatic carbocycles. The molecule has 4 rings (SSSR count). The Bertz CT molecular complexity index is 1210. The van der Waals surface area contributed by atoms with E-state index < -0.39 is 10.0 Å². The van der Waals surface area contributed by atoms with Crippen molar-refractivity contribution in [1.29, 1.82) is 0 Å². The van der Waals surface area contributed by atoms with Crippen LogP contribution in [0, 0.1) is 6.92 Å². The summed E-state index contributed by atoms with van der Waals surface area (Å²) < 4.78 is 29.4. The van der Waals surface area contributed by atoms with Gasteiger partial charge >= 0.3 is 0 Å². The lowest BCUT2D eigenvalue weighted by molar-refractivity contribution is -0.116. The Morgan fingerprint density at radius 3 is 2.58 bits per heavy atom. The maximum Gasteiger partial charge on any atom is 0.243 e. The SMILES string of the molecule is Cc1ccccc1NC(=O)CCc1nc2cc(S(=O)(=O)N3CCCCC3)ccc2n1C. The highest BCUT2D eigenvalue weighted by Gasteiger charge is 2.26. The summed E-state index contributed by atoms with van der Waals surface area (Å²) in [6.07, 6.45) is 3.65. The fourth-order valence-corrected chi connectivity index (χ4v) is 5.56. The van der Waals surface area contributed by atoms with Crippen molar-refractivity contribution >= 4 is 32.7 Å². The first kappa shape index (κ1) is 21.5. The molecular weight excluding hydrogens is 412 g/mol. The second-order valence-electron chi connectivity index (χ2n) is 8.07. The third-order valence-corrected chi connectivity index (χ3v) is 7.79. The summed E-state index contributed by atoms with van der Waals surface area (Å²) in [4.78, 5) is 17.3. The number of fused-ring (bicyclic) bond motifs is 1. The zero-order valence-electron chi connectivity index (χ0n) is 18.0. The summed E-state index contributed by atoms with van der Waals surface area (Å²) in [7, 11) is -1.61. The summed E-state index contributed by atoms with van der Waals surface area (Å²) in [5.74, 6) is 0.678. The van der Waals surface area contributed by atoms with Gasteiger partial charge in [-0.2, -0.15) is 4.31 Å². The molecule has 2 heterocycles. The van der Waals surface area contributed by atoms with E-state index in [0.717, 1.165) is 41.9 Å². The van der Waals surface area contributed by atoms with E-state index in [0.29, 0.717) is 31.4 Å². The minimum atomic E-state index is -3.50. The number of aryl methyl sites for hydroxylation is 3. The first-order valence-electron chi connectivity index (χ1n) is 10.7. The molecule has 0 radical (unpaired) electrons. The fourth-order valence-electron chi connectivity index (χ4n) is 4.02. The smallest absolute Gasteiger partial charge is 0.243 e. The molecule has 164 valence electrons. The zero-order valence-corrected chi connectivity index (χ0v) is 18.8. The quantitative estimate of drug-likeness (QED) is 0.634. The second kappa shape index (κ2) is 8.80. The van der Waals surface area contributed by atoms with Gasteiger partial charge in [-0.15, -0.1) is 0 Å². The molecule has 2 aromatic carbocycles. The van der Waals surface area contributed by atoms with Gasteiger partial charge in [0.15, 0.2) is 0 Å². The van der Waals surface area contributed by atoms with Crippen molar-refractivity contribution in [3.05, 3.63) is 53.9 Å². The molecule has 1 aromatic heterocycles. The molecule has 0 bridgehead atoms. The van der Waals surface area contributed by atoms with Crippen LogP contribution in [-0.4, -0.2) is 41.3 Å². The molecule has 0 unspecified atom stereocenters. The van der Waals surface area contributed by atoms with Gasteiger partial charge in [0.1, 0.15) is 5.82 Å². The summed E-state index contributed by atoms with van der Waals surface area (Å²) >= 11 is 0. The van der Waals surface area contributed by atoms with Crippen molar-refractivity contribution in [2.45, 2.75) is 43.9 Å². The minimum absolute atomic E-state index is 0.0743. The van der Waals surface area contributed by atoms with E-state index >= 15 is 0 Å². The van der Waals surface area contributed by atoms with Crippen LogP contribution in [0.1, 0.15) is 37.1 Å². The predicted octanol–water partition coefficient (Wildman–Crippen LogP) is 3.63. The second-order valence-corrected chi connectivity index (χ2v) is 10.0. The average Bonchev–Trinajstić information content (AvgIpc) is 3.09. The van der Waals surface area contributed by atoms with Gasteiger partial charge in [0, 0.05) is 38.7 Å². The first-order chi connectivity index (χ1) is 14.9. The Hall–Kier alpha value is -2.71. The maximum atomic E-state index is 13.0. The Morgan fingerprint density at radius 2 is 1.84 bits per heavy atom. The van der Waals surface area contributed by atoms with Gasteiger partial charge in [0.25, 0.3) is 0 Å². The normalized spacial score (nSPS) is 15.3. The number of anilines is 1. The minimum Gasteiger partial charge on any atom is -0.331 e. The Kier molecular flexibility index (Phi) is 6.11. The predicted molar refractivity (Wildman–Crippen MR) is 121 cm³/mol. The van der Waals surface area contributed by atoms with Gasteiger partial charge < -0.3 is 9.88 Å². The number of para-hydroxylation sites is 1. The molecule has 1 amide bonds. The lowest BCUT2D eigenvalue weighted by atomic mass is 10.2. The van der Waals surface area contributed by atoms with Crippen molar-refractivity contribution < 1.29 is 13.2 Å². The number of carbonyl (C=O) groups is 1. The van der Waals surface area contributed by atoms with E-state index in [1.54, 1.807) is 22.5 Å². The van der Waals surface area contributed by atoms with Crippen molar-refractivity contribution in [3.63, 3.8) is 0 Å². The average molecular weight is 441 g/mol. The maximum absolute atomic E-state index is 13.0. The fraction of sp³-hybridized carbons (Fsp3) is 0.391. The summed E-state index contributed by atoms with van der Waals surface area (Å²) in [5, 5.41) is 2.94. The van der Waals surface area contributed by atoms with Crippen LogP contribution < -0.4 is 5.32 Å². The van der Waals surface area contributed by atoms with Gasteiger partial charge in [-0.25, -0.2) is 13.4 Å². The molecule has 1 aliphatic rings. The number of nitrogens with one attached hydrogen (secondary N) is 1. The van der Waals surface area contributed by atoms with E-state index in [1.165, 1.54) is 0 Å². The molecule has 0 atom stereocenters. The summed E-state index contributed by atoms with van der Waals surface area (Å²) in [6, 6.07) is 12.8. The number of carbonyl (C=O) groups excluding carboxylic acids is 1. The molecule has 1 aliphatic heterocycles. The van der Waals surface area contributed by atoms with Crippen LogP contribution in [0.15, 0.2) is 47.4 Å². The highest BCUT2D eigenvalue weighted by molar-refractivity contribution is 7.89. The van der Waals surface area contributed by atoms with E-state index in [1.807, 2.05) is 42.8 Å². The third-order valence-electron chi connectivity index (χ3n) is 5.89. The first-order valence-corrected chi connectivity index (χ1v) is 12.1. The number of aromatic nitrogens is 2. The zero-order chi connectivity index (χ0) is 22.0. The van der Waals surface area contributed by atoms with E-state index in [-0.39, 0.29) is 10.8 Å². The molecule has 8 heteroatoms. The van der Waals surface area contributed by atoms with Crippen molar-refractivity contribution in [2.24, 2.45) is 7.05 Å². The van der Waals surface area contributed by atoms with Gasteiger partial charge in [-0.05, 0) is 49.6 Å². The number of rotatable bonds is 6. The van der Waals surface area contributed by atoms with Gasteiger partial charge in [-0.3, -0.25) is 4.79 Å². The van der Waals surface area contributed by atoms with Crippen LogP contribution in [-0.2, 0) is 28.3 Å². The van der Waals surface area contributed by atoms with Crippen molar-refractivity contribution in [2.75, 3.05) is 18.4 Å². The summed E-state index contributed by atoms with van der Waals surface area (Å²) in [5.41, 5.74) is 3.31. The molecule has 0 spiro atoms. The molecule has 7 nitrogen and oxygen atoms in total. The lowest BCUT2D eigenvalue weighted by Crippen LogP contribution is -2.35. The number of hydrogen-bond donors (Lipinski definition) is 1. The number of sulfonamides is 1. The Morgan fingerprint density at radius 1 is 1.10 bits per heavy atom. The highest BCUT2D eigenvalue weighted by Crippen LogP contribution is 2.25. The van der Waals surface area contributed by atoms with Crippen molar-refractivity contribution in [3.8, 4) is 0 Å². The molecule has 31 heavy (non-hydrogen) atoms. The van der Waals surface area contributed by atoms with Gasteiger partial charge in [-0.1, -0.05) is 24.6 Å². The van der Waals surface area contributed by atoms with E-state index in [2.05, 4.69) is 10.3 Å². The number of nitrogens with zero attached hydrogens (tertiary/aromatic N) is 3. The van der Waals surface area contributed by atoms with E-state index in [9.17, 15) is 13.2 Å². The number of amides is 1. The number of piperidine rings is 1. The van der Waals surface area contributed by atoms with Gasteiger partial charge in [0.2, 0.25) is 15.9 Å². The van der Waals surface area contributed by atoms with Crippen LogP contribution in [0.3, 0.4) is 0 Å².